The molecule has 4 aromatic rings. The Balaban J connectivity index is 1.26. The molecule has 0 atom stereocenters. The predicted molar refractivity (Wildman–Crippen MR) is 165 cm³/mol. The second-order valence-corrected chi connectivity index (χ2v) is 11.1. The van der Waals surface area contributed by atoms with Crippen LogP contribution in [0.4, 0.5) is 10.1 Å². The Kier molecular flexibility index (Phi) is 9.62. The number of rotatable bonds is 14. The lowest BCUT2D eigenvalue weighted by molar-refractivity contribution is 0.0436. The monoisotopic (exact) mass is 590 g/mol. The number of carbonyl (C=O) groups is 2. The van der Waals surface area contributed by atoms with Crippen molar-refractivity contribution < 1.29 is 27.9 Å². The molecule has 220 valence electrons. The third kappa shape index (κ3) is 6.86. The third-order valence-corrected chi connectivity index (χ3v) is 8.16. The fraction of sp³-hybridized carbons (Fsp3) is 0.333. The molecule has 1 amide bonds. The minimum absolute atomic E-state index is 0.0480. The molecule has 1 N–H and O–H groups in total. The maximum absolute atomic E-state index is 13.6. The first-order chi connectivity index (χ1) is 20.4. The van der Waals surface area contributed by atoms with Crippen LogP contribution in [0.1, 0.15) is 57.5 Å². The lowest BCUT2D eigenvalue weighted by atomic mass is 10.0. The molecule has 0 unspecified atom stereocenters. The highest BCUT2D eigenvalue weighted by atomic mass is 32.2. The van der Waals surface area contributed by atoms with E-state index in [2.05, 4.69) is 15.7 Å². The fourth-order valence-electron chi connectivity index (χ4n) is 4.94. The third-order valence-electron chi connectivity index (χ3n) is 7.34. The van der Waals surface area contributed by atoms with Crippen molar-refractivity contribution in [3.63, 3.8) is 0 Å². The summed E-state index contributed by atoms with van der Waals surface area (Å²) in [5.74, 6) is 0.316. The molecule has 9 heteroatoms. The van der Waals surface area contributed by atoms with Gasteiger partial charge in [-0.1, -0.05) is 36.2 Å². The number of anilines is 1. The number of amides is 1. The van der Waals surface area contributed by atoms with Gasteiger partial charge in [-0.25, -0.2) is 4.39 Å². The first-order valence-corrected chi connectivity index (χ1v) is 15.2. The molecule has 0 spiro atoms. The average Bonchev–Trinajstić information content (AvgIpc) is 3.78. The summed E-state index contributed by atoms with van der Waals surface area (Å²) in [6, 6.07) is 17.5. The number of nitrogens with one attached hydrogen (secondary N) is 1. The number of halogens is 1. The van der Waals surface area contributed by atoms with E-state index in [0.29, 0.717) is 66.9 Å². The number of Topliss-reactive ketones (excluding diaryl/α,β-unsaturated/α-hetero) is 1. The summed E-state index contributed by atoms with van der Waals surface area (Å²) in [5, 5.41) is 3.49. The van der Waals surface area contributed by atoms with Gasteiger partial charge >= 0.3 is 0 Å². The molecule has 1 aromatic heterocycles. The Morgan fingerprint density at radius 2 is 1.74 bits per heavy atom. The summed E-state index contributed by atoms with van der Waals surface area (Å²) >= 11 is 1.61. The van der Waals surface area contributed by atoms with Gasteiger partial charge in [0, 0.05) is 35.9 Å². The highest BCUT2D eigenvalue weighted by molar-refractivity contribution is 7.99. The summed E-state index contributed by atoms with van der Waals surface area (Å²) in [6.45, 7) is 4.13. The van der Waals surface area contributed by atoms with Crippen molar-refractivity contribution >= 4 is 40.3 Å². The van der Waals surface area contributed by atoms with Crippen molar-refractivity contribution in [2.75, 3.05) is 44.0 Å². The topological polar surface area (TPSA) is 81.0 Å². The number of nitrogens with zero attached hydrogens (tertiary/aromatic N) is 1. The maximum atomic E-state index is 13.6. The fourth-order valence-corrected chi connectivity index (χ4v) is 5.56. The quantitative estimate of drug-likeness (QED) is 0.0963. The van der Waals surface area contributed by atoms with Gasteiger partial charge in [0.1, 0.15) is 17.2 Å². The summed E-state index contributed by atoms with van der Waals surface area (Å²) < 4.78 is 33.7. The van der Waals surface area contributed by atoms with E-state index in [9.17, 15) is 14.0 Å². The first kappa shape index (κ1) is 29.8. The molecular formula is C33H35FN2O5S. The smallest absolute Gasteiger partial charge is 0.255 e. The van der Waals surface area contributed by atoms with E-state index in [1.54, 1.807) is 38.1 Å². The van der Waals surface area contributed by atoms with Gasteiger partial charge in [-0.15, -0.1) is 0 Å². The zero-order valence-corrected chi connectivity index (χ0v) is 24.9. The minimum Gasteiger partial charge on any atom is -0.455 e. The van der Waals surface area contributed by atoms with E-state index < -0.39 is 0 Å². The molecule has 1 heterocycles. The molecule has 1 aliphatic carbocycles. The molecule has 1 aliphatic rings. The highest BCUT2D eigenvalue weighted by Crippen LogP contribution is 2.48. The number of benzene rings is 3. The van der Waals surface area contributed by atoms with Crippen LogP contribution in [0.3, 0.4) is 0 Å². The predicted octanol–water partition coefficient (Wildman–Crippen LogP) is 7.00. The van der Waals surface area contributed by atoms with Crippen LogP contribution in [-0.2, 0) is 16.1 Å². The Morgan fingerprint density at radius 3 is 2.38 bits per heavy atom. The zero-order chi connectivity index (χ0) is 29.6. The molecule has 3 aromatic carbocycles. The number of hydrogen-bond acceptors (Lipinski definition) is 7. The number of ether oxygens (including phenoxy) is 2. The van der Waals surface area contributed by atoms with E-state index in [4.69, 9.17) is 13.9 Å². The summed E-state index contributed by atoms with van der Waals surface area (Å²) in [6.07, 6.45) is 4.23. The highest BCUT2D eigenvalue weighted by Gasteiger charge is 2.31. The van der Waals surface area contributed by atoms with Gasteiger partial charge in [-0.2, -0.15) is 0 Å². The van der Waals surface area contributed by atoms with E-state index in [1.807, 2.05) is 36.6 Å². The van der Waals surface area contributed by atoms with Gasteiger partial charge in [0.05, 0.1) is 44.2 Å². The van der Waals surface area contributed by atoms with E-state index in [1.165, 1.54) is 17.7 Å². The van der Waals surface area contributed by atoms with Crippen LogP contribution >= 0.6 is 11.9 Å². The lowest BCUT2D eigenvalue weighted by Gasteiger charge is -2.24. The number of fused-ring (bicyclic) bond motifs is 1. The van der Waals surface area contributed by atoms with Crippen LogP contribution < -0.4 is 9.62 Å². The molecular weight excluding hydrogens is 555 g/mol. The Morgan fingerprint density at radius 1 is 1.02 bits per heavy atom. The second-order valence-electron chi connectivity index (χ2n) is 10.3. The van der Waals surface area contributed by atoms with Crippen molar-refractivity contribution in [1.29, 1.82) is 0 Å². The molecule has 0 radical (unpaired) electrons. The molecule has 0 bridgehead atoms. The first-order valence-electron chi connectivity index (χ1n) is 14.0. The van der Waals surface area contributed by atoms with Crippen molar-refractivity contribution in [1.82, 2.24) is 5.32 Å². The van der Waals surface area contributed by atoms with E-state index in [-0.39, 0.29) is 17.5 Å². The van der Waals surface area contributed by atoms with Crippen molar-refractivity contribution in [2.45, 2.75) is 32.3 Å². The lowest BCUT2D eigenvalue weighted by Crippen LogP contribution is -2.22. The van der Waals surface area contributed by atoms with Crippen molar-refractivity contribution in [3.05, 3.63) is 88.7 Å². The van der Waals surface area contributed by atoms with Crippen LogP contribution in [0.2, 0.25) is 0 Å². The van der Waals surface area contributed by atoms with Gasteiger partial charge in [0.15, 0.2) is 5.78 Å². The van der Waals surface area contributed by atoms with E-state index in [0.717, 1.165) is 29.5 Å². The Hall–Kier alpha value is -3.66. The summed E-state index contributed by atoms with van der Waals surface area (Å²) in [7, 11) is 1.60. The van der Waals surface area contributed by atoms with Gasteiger partial charge < -0.3 is 23.5 Å². The molecule has 7 nitrogen and oxygen atoms in total. The van der Waals surface area contributed by atoms with Crippen molar-refractivity contribution in [2.24, 2.45) is 0 Å². The second kappa shape index (κ2) is 13.5. The molecule has 0 aliphatic heterocycles. The number of hydrogen-bond donors (Lipinski definition) is 1. The Bertz CT molecular complexity index is 1550. The Labute approximate surface area is 249 Å². The molecule has 1 saturated carbocycles. The van der Waals surface area contributed by atoms with Gasteiger partial charge in [0.2, 0.25) is 0 Å². The maximum Gasteiger partial charge on any atom is 0.255 e. The number of ketones is 1. The summed E-state index contributed by atoms with van der Waals surface area (Å²) in [4.78, 5) is 24.4. The molecule has 0 saturated heterocycles. The van der Waals surface area contributed by atoms with Gasteiger partial charge in [-0.05, 0) is 67.1 Å². The van der Waals surface area contributed by atoms with Crippen LogP contribution in [0.15, 0.2) is 65.1 Å². The molecule has 42 heavy (non-hydrogen) atoms. The van der Waals surface area contributed by atoms with E-state index >= 15 is 0 Å². The van der Waals surface area contributed by atoms with Crippen LogP contribution in [0, 0.1) is 5.82 Å². The van der Waals surface area contributed by atoms with Gasteiger partial charge in [-0.3, -0.25) is 9.59 Å². The normalized spacial score (nSPS) is 13.0. The van der Waals surface area contributed by atoms with Crippen LogP contribution in [0.5, 0.6) is 0 Å². The number of furan rings is 1. The largest absolute Gasteiger partial charge is 0.455 e. The number of carbonyl (C=O) groups excluding carboxylic acids is 2. The van der Waals surface area contributed by atoms with Crippen LogP contribution in [-0.4, -0.2) is 51.4 Å². The average molecular weight is 591 g/mol. The van der Waals surface area contributed by atoms with Gasteiger partial charge in [0.25, 0.3) is 5.91 Å². The van der Waals surface area contributed by atoms with Crippen molar-refractivity contribution in [3.8, 4) is 11.3 Å². The SMILES string of the molecule is CNC(=O)c1c(-c2ccc(F)cc2)oc2cc(N(CCOCCOCc3ccc(C(C)=O)cc3)SC)c(C3CC3)cc12. The minimum atomic E-state index is -0.348. The zero-order valence-electron chi connectivity index (χ0n) is 24.1. The summed E-state index contributed by atoms with van der Waals surface area (Å²) in [5.41, 5.74) is 5.65. The molecule has 1 fully saturated rings. The van der Waals surface area contributed by atoms with Crippen LogP contribution in [0.25, 0.3) is 22.3 Å². The standard InChI is InChI=1S/C33H35FN2O5S/c1-21(37)23-6-4-22(5-7-23)20-40-17-16-39-15-14-36(42-3)29-19-30-28(18-27(29)24-8-9-24)31(33(38)35-2)32(41-30)25-10-12-26(34)13-11-25/h4-7,10-13,18-19,24H,8-9,14-17,20H2,1-3H3,(H,35,38). The molecule has 5 rings (SSSR count).